The fraction of sp³-hybridized carbons (Fsp3) is 0.562. The minimum Gasteiger partial charge on any atom is -0.489 e. The number of carbonyl (C=O) groups is 1. The van der Waals surface area contributed by atoms with E-state index in [2.05, 4.69) is 26.0 Å². The Morgan fingerprint density at radius 1 is 1.32 bits per heavy atom. The van der Waals surface area contributed by atoms with Gasteiger partial charge in [0.05, 0.1) is 4.47 Å². The molecule has 1 aliphatic rings. The lowest BCUT2D eigenvalue weighted by Crippen LogP contribution is -2.34. The molecule has 0 amide bonds. The molecule has 0 aromatic heterocycles. The average Bonchev–Trinajstić information content (AvgIpc) is 2.42. The molecule has 0 saturated carbocycles. The lowest BCUT2D eigenvalue weighted by atomic mass is 10.1. The number of carbonyl (C=O) groups excluding carboxylic acids is 1. The second kappa shape index (κ2) is 9.10. The summed E-state index contributed by atoms with van der Waals surface area (Å²) >= 11 is 3.29. The van der Waals surface area contributed by atoms with E-state index >= 15 is 0 Å². The lowest BCUT2D eigenvalue weighted by Gasteiger charge is -2.24. The van der Waals surface area contributed by atoms with Crippen molar-refractivity contribution >= 4 is 22.4 Å². The molecule has 124 valence electrons. The van der Waals surface area contributed by atoms with Crippen molar-refractivity contribution in [2.75, 3.05) is 13.1 Å². The monoisotopic (exact) mass is 375 g/mol. The van der Waals surface area contributed by atoms with E-state index in [1.807, 2.05) is 20.8 Å². The number of benzene rings is 1. The highest BCUT2D eigenvalue weighted by Crippen LogP contribution is 2.27. The maximum absolute atomic E-state index is 12.8. The summed E-state index contributed by atoms with van der Waals surface area (Å²) in [4.78, 5) is 9.60. The number of piperidine rings is 1. The summed E-state index contributed by atoms with van der Waals surface area (Å²) in [5, 5.41) is 3.27. The first kappa shape index (κ1) is 18.9. The van der Waals surface area contributed by atoms with Gasteiger partial charge in [0.25, 0.3) is 6.47 Å². The van der Waals surface area contributed by atoms with Crippen LogP contribution in [-0.4, -0.2) is 31.3 Å². The van der Waals surface area contributed by atoms with Gasteiger partial charge < -0.3 is 14.8 Å². The van der Waals surface area contributed by atoms with Gasteiger partial charge in [0.1, 0.15) is 23.3 Å². The topological polar surface area (TPSA) is 47.6 Å². The Hall–Kier alpha value is -1.14. The second-order valence-corrected chi connectivity index (χ2v) is 6.82. The maximum Gasteiger partial charge on any atom is 0.293 e. The van der Waals surface area contributed by atoms with E-state index < -0.39 is 0 Å². The number of ether oxygens (including phenoxy) is 2. The Kier molecular flexibility index (Phi) is 7.82. The van der Waals surface area contributed by atoms with Crippen molar-refractivity contribution in [1.29, 1.82) is 0 Å². The third-order valence-electron chi connectivity index (χ3n) is 2.88. The largest absolute Gasteiger partial charge is 0.489 e. The van der Waals surface area contributed by atoms with Gasteiger partial charge >= 0.3 is 0 Å². The summed E-state index contributed by atoms with van der Waals surface area (Å²) < 4.78 is 23.8. The molecule has 0 bridgehead atoms. The van der Waals surface area contributed by atoms with Crippen LogP contribution in [0.15, 0.2) is 22.7 Å². The van der Waals surface area contributed by atoms with Gasteiger partial charge in [0.15, 0.2) is 0 Å². The Morgan fingerprint density at radius 3 is 2.41 bits per heavy atom. The number of nitrogens with one attached hydrogen (secondary N) is 1. The molecule has 1 fully saturated rings. The highest BCUT2D eigenvalue weighted by molar-refractivity contribution is 9.10. The van der Waals surface area contributed by atoms with Gasteiger partial charge in [-0.2, -0.15) is 0 Å². The van der Waals surface area contributed by atoms with Crippen molar-refractivity contribution in [1.82, 2.24) is 5.32 Å². The van der Waals surface area contributed by atoms with E-state index in [0.29, 0.717) is 10.9 Å². The van der Waals surface area contributed by atoms with E-state index in [-0.39, 0.29) is 17.5 Å². The van der Waals surface area contributed by atoms with Crippen molar-refractivity contribution in [3.63, 3.8) is 0 Å². The van der Waals surface area contributed by atoms with Crippen LogP contribution in [0.25, 0.3) is 0 Å². The van der Waals surface area contributed by atoms with Crippen LogP contribution < -0.4 is 10.1 Å². The van der Waals surface area contributed by atoms with Crippen LogP contribution in [0.3, 0.4) is 0 Å². The van der Waals surface area contributed by atoms with Crippen LogP contribution in [-0.2, 0) is 9.53 Å². The first-order valence-electron chi connectivity index (χ1n) is 7.25. The third kappa shape index (κ3) is 7.75. The van der Waals surface area contributed by atoms with Gasteiger partial charge in [-0.05, 0) is 80.8 Å². The van der Waals surface area contributed by atoms with Gasteiger partial charge in [0.2, 0.25) is 0 Å². The summed E-state index contributed by atoms with van der Waals surface area (Å²) in [5.74, 6) is 0.475. The van der Waals surface area contributed by atoms with Crippen LogP contribution >= 0.6 is 15.9 Å². The molecule has 2 rings (SSSR count). The molecule has 0 spiro atoms. The standard InChI is InChI=1S/C11H13BrFNO.C5H10O2/c12-10-7-8(13)1-2-11(10)15-9-3-5-14-6-4-9;1-5(2,3)7-4-6/h1-2,7,9,14H,3-6H2;4H,1-3H3. The Labute approximate surface area is 139 Å². The molecule has 1 aromatic rings. The van der Waals surface area contributed by atoms with Gasteiger partial charge in [-0.1, -0.05) is 0 Å². The highest BCUT2D eigenvalue weighted by Gasteiger charge is 2.15. The summed E-state index contributed by atoms with van der Waals surface area (Å²) in [7, 11) is 0. The van der Waals surface area contributed by atoms with Crippen LogP contribution in [0.5, 0.6) is 5.75 Å². The Balaban J connectivity index is 0.000000295. The molecule has 1 saturated heterocycles. The highest BCUT2D eigenvalue weighted by atomic mass is 79.9. The maximum atomic E-state index is 12.8. The molecule has 6 heteroatoms. The molecule has 1 aromatic carbocycles. The van der Waals surface area contributed by atoms with E-state index in [0.717, 1.165) is 31.7 Å². The number of hydrogen-bond acceptors (Lipinski definition) is 4. The van der Waals surface area contributed by atoms with Gasteiger partial charge in [-0.3, -0.25) is 4.79 Å². The van der Waals surface area contributed by atoms with Crippen molar-refractivity contribution < 1.29 is 18.7 Å². The number of halogens is 2. The van der Waals surface area contributed by atoms with E-state index in [9.17, 15) is 9.18 Å². The zero-order chi connectivity index (χ0) is 16.6. The van der Waals surface area contributed by atoms with Crippen LogP contribution in [0.1, 0.15) is 33.6 Å². The number of hydrogen-bond donors (Lipinski definition) is 1. The van der Waals surface area contributed by atoms with E-state index in [1.165, 1.54) is 12.1 Å². The van der Waals surface area contributed by atoms with E-state index in [1.54, 1.807) is 6.07 Å². The molecular formula is C16H23BrFNO3. The van der Waals surface area contributed by atoms with Crippen LogP contribution in [0.4, 0.5) is 4.39 Å². The molecule has 0 unspecified atom stereocenters. The predicted molar refractivity (Wildman–Crippen MR) is 87.5 cm³/mol. The molecule has 1 heterocycles. The van der Waals surface area contributed by atoms with Crippen molar-refractivity contribution in [3.05, 3.63) is 28.5 Å². The Morgan fingerprint density at radius 2 is 1.95 bits per heavy atom. The van der Waals surface area contributed by atoms with Crippen molar-refractivity contribution in [3.8, 4) is 5.75 Å². The molecule has 22 heavy (non-hydrogen) atoms. The van der Waals surface area contributed by atoms with Gasteiger partial charge in [-0.25, -0.2) is 4.39 Å². The Bertz CT molecular complexity index is 471. The molecule has 0 aliphatic carbocycles. The van der Waals surface area contributed by atoms with Crippen molar-refractivity contribution in [2.24, 2.45) is 0 Å². The summed E-state index contributed by atoms with van der Waals surface area (Å²) in [5.41, 5.74) is -0.318. The molecule has 4 nitrogen and oxygen atoms in total. The van der Waals surface area contributed by atoms with Gasteiger partial charge in [0, 0.05) is 0 Å². The SMILES string of the molecule is CC(C)(C)OC=O.Fc1ccc(OC2CCNCC2)c(Br)c1. The first-order valence-corrected chi connectivity index (χ1v) is 8.05. The molecule has 1 aliphatic heterocycles. The first-order chi connectivity index (χ1) is 10.3. The molecular weight excluding hydrogens is 353 g/mol. The molecule has 0 radical (unpaired) electrons. The lowest BCUT2D eigenvalue weighted by molar-refractivity contribution is -0.138. The smallest absolute Gasteiger partial charge is 0.293 e. The molecule has 1 N–H and O–H groups in total. The van der Waals surface area contributed by atoms with Crippen molar-refractivity contribution in [2.45, 2.75) is 45.3 Å². The zero-order valence-corrected chi connectivity index (χ0v) is 14.8. The summed E-state index contributed by atoms with van der Waals surface area (Å²) in [6.45, 7) is 7.90. The minimum atomic E-state index is -0.318. The molecule has 0 atom stereocenters. The minimum absolute atomic E-state index is 0.244. The van der Waals surface area contributed by atoms with Gasteiger partial charge in [-0.15, -0.1) is 0 Å². The quantitative estimate of drug-likeness (QED) is 0.818. The predicted octanol–water partition coefficient (Wildman–Crippen LogP) is 3.68. The fourth-order valence-electron chi connectivity index (χ4n) is 1.81. The average molecular weight is 376 g/mol. The van der Waals surface area contributed by atoms with E-state index in [4.69, 9.17) is 4.74 Å². The normalized spacial score (nSPS) is 15.5. The number of rotatable bonds is 3. The second-order valence-electron chi connectivity index (χ2n) is 5.97. The third-order valence-corrected chi connectivity index (χ3v) is 3.50. The summed E-state index contributed by atoms with van der Waals surface area (Å²) in [6, 6.07) is 4.51. The zero-order valence-electron chi connectivity index (χ0n) is 13.2. The van der Waals surface area contributed by atoms with Crippen LogP contribution in [0.2, 0.25) is 0 Å². The summed E-state index contributed by atoms with van der Waals surface area (Å²) in [6.07, 6.45) is 2.25. The van der Waals surface area contributed by atoms with Crippen LogP contribution in [0, 0.1) is 5.82 Å². The fourth-order valence-corrected chi connectivity index (χ4v) is 2.25.